The van der Waals surface area contributed by atoms with E-state index < -0.39 is 22.0 Å². The summed E-state index contributed by atoms with van der Waals surface area (Å²) >= 11 is 5.92. The average Bonchev–Trinajstić information content (AvgIpc) is 3.17. The molecule has 1 aliphatic rings. The van der Waals surface area contributed by atoms with Gasteiger partial charge in [-0.15, -0.1) is 0 Å². The fourth-order valence-corrected chi connectivity index (χ4v) is 3.41. The molecule has 2 amide bonds. The quantitative estimate of drug-likeness (QED) is 0.617. The molecule has 1 fully saturated rings. The van der Waals surface area contributed by atoms with E-state index in [9.17, 15) is 18.0 Å². The number of sulfonamides is 1. The van der Waals surface area contributed by atoms with E-state index in [-0.39, 0.29) is 25.1 Å². The van der Waals surface area contributed by atoms with Gasteiger partial charge in [-0.2, -0.15) is 4.31 Å². The predicted molar refractivity (Wildman–Crippen MR) is 111 cm³/mol. The van der Waals surface area contributed by atoms with Crippen LogP contribution >= 0.6 is 11.6 Å². The summed E-state index contributed by atoms with van der Waals surface area (Å²) in [6.45, 7) is 2.50. The minimum Gasteiger partial charge on any atom is -0.376 e. The fourth-order valence-electron chi connectivity index (χ4n) is 2.94. The van der Waals surface area contributed by atoms with Crippen molar-refractivity contribution in [2.24, 2.45) is 0 Å². The molecule has 1 heterocycles. The van der Waals surface area contributed by atoms with E-state index in [0.717, 1.165) is 29.0 Å². The number of nitrogens with one attached hydrogen (secondary N) is 1. The first-order valence-corrected chi connectivity index (χ1v) is 11.6. The molecule has 2 atom stereocenters. The predicted octanol–water partition coefficient (Wildman–Crippen LogP) is 1.24. The zero-order valence-corrected chi connectivity index (χ0v) is 18.5. The summed E-state index contributed by atoms with van der Waals surface area (Å²) in [5, 5.41) is 3.39. The molecule has 162 valence electrons. The summed E-state index contributed by atoms with van der Waals surface area (Å²) in [4.78, 5) is 26.9. The van der Waals surface area contributed by atoms with Gasteiger partial charge >= 0.3 is 0 Å². The van der Waals surface area contributed by atoms with E-state index in [1.807, 2.05) is 0 Å². The van der Waals surface area contributed by atoms with Gasteiger partial charge in [0.25, 0.3) is 0 Å². The highest BCUT2D eigenvalue weighted by atomic mass is 35.5. The zero-order chi connectivity index (χ0) is 21.6. The minimum absolute atomic E-state index is 0.0112. The molecule has 1 aromatic rings. The van der Waals surface area contributed by atoms with Crippen molar-refractivity contribution in [3.05, 3.63) is 34.9 Å². The zero-order valence-electron chi connectivity index (χ0n) is 16.9. The highest BCUT2D eigenvalue weighted by Gasteiger charge is 2.29. The maximum atomic E-state index is 12.9. The molecule has 2 rings (SSSR count). The molecule has 1 saturated heterocycles. The molecule has 0 radical (unpaired) electrons. The number of hydrogen-bond acceptors (Lipinski definition) is 5. The van der Waals surface area contributed by atoms with Crippen molar-refractivity contribution in [2.45, 2.75) is 38.5 Å². The van der Waals surface area contributed by atoms with Crippen LogP contribution in [-0.4, -0.2) is 74.6 Å². The van der Waals surface area contributed by atoms with Gasteiger partial charge in [0, 0.05) is 31.8 Å². The van der Waals surface area contributed by atoms with Crippen LogP contribution in [0.3, 0.4) is 0 Å². The highest BCUT2D eigenvalue weighted by molar-refractivity contribution is 7.88. The minimum atomic E-state index is -3.53. The van der Waals surface area contributed by atoms with E-state index in [4.69, 9.17) is 16.3 Å². The van der Waals surface area contributed by atoms with Crippen molar-refractivity contribution in [3.63, 3.8) is 0 Å². The van der Waals surface area contributed by atoms with Crippen molar-refractivity contribution >= 4 is 33.4 Å². The third kappa shape index (κ3) is 7.26. The molecule has 0 unspecified atom stereocenters. The molecule has 0 saturated carbocycles. The summed E-state index contributed by atoms with van der Waals surface area (Å²) < 4.78 is 29.8. The first-order valence-electron chi connectivity index (χ1n) is 9.42. The van der Waals surface area contributed by atoms with Gasteiger partial charge < -0.3 is 15.0 Å². The van der Waals surface area contributed by atoms with Gasteiger partial charge in [-0.05, 0) is 37.5 Å². The number of nitrogens with zero attached hydrogens (tertiary/aromatic N) is 2. The average molecular weight is 446 g/mol. The molecular formula is C19H28ClN3O5S. The summed E-state index contributed by atoms with van der Waals surface area (Å²) in [6.07, 6.45) is 2.88. The monoisotopic (exact) mass is 445 g/mol. The first-order chi connectivity index (χ1) is 13.6. The smallest absolute Gasteiger partial charge is 0.242 e. The molecule has 0 bridgehead atoms. The van der Waals surface area contributed by atoms with Gasteiger partial charge in [0.2, 0.25) is 21.8 Å². The molecule has 8 nitrogen and oxygen atoms in total. The number of ether oxygens (including phenoxy) is 1. The van der Waals surface area contributed by atoms with Crippen LogP contribution in [0.5, 0.6) is 0 Å². The molecule has 0 aromatic heterocycles. The SMILES string of the molecule is C[C@H](C(=O)NC[C@H]1CCCO1)N(Cc1ccc(Cl)cc1)C(=O)CN(C)S(C)(=O)=O. The fraction of sp³-hybridized carbons (Fsp3) is 0.579. The number of benzene rings is 1. The van der Waals surface area contributed by atoms with Crippen LogP contribution in [0.4, 0.5) is 0 Å². The lowest BCUT2D eigenvalue weighted by molar-refractivity contribution is -0.140. The number of likely N-dealkylation sites (N-methyl/N-ethyl adjacent to an activating group) is 1. The molecule has 0 spiro atoms. The van der Waals surface area contributed by atoms with E-state index in [2.05, 4.69) is 5.32 Å². The number of carbonyl (C=O) groups excluding carboxylic acids is 2. The number of amides is 2. The summed E-state index contributed by atoms with van der Waals surface area (Å²) in [6, 6.07) is 6.14. The Balaban J connectivity index is 2.11. The standard InChI is InChI=1S/C19H28ClN3O5S/c1-14(19(25)21-11-17-5-4-10-28-17)23(12-15-6-8-16(20)9-7-15)18(24)13-22(2)29(3,26)27/h6-9,14,17H,4-5,10-13H2,1-3H3,(H,21,25)/t14-,17-/m1/s1. The molecule has 1 aromatic carbocycles. The lowest BCUT2D eigenvalue weighted by Crippen LogP contribution is -2.51. The van der Waals surface area contributed by atoms with E-state index in [0.29, 0.717) is 18.2 Å². The van der Waals surface area contributed by atoms with E-state index in [1.54, 1.807) is 31.2 Å². The normalized spacial score (nSPS) is 17.9. The first kappa shape index (κ1) is 23.6. The summed E-state index contributed by atoms with van der Waals surface area (Å²) in [5.41, 5.74) is 0.781. The Hall–Kier alpha value is -1.68. The second kappa shape index (κ2) is 10.4. The second-order valence-corrected chi connectivity index (χ2v) is 9.75. The Morgan fingerprint density at radius 1 is 1.31 bits per heavy atom. The number of hydrogen-bond donors (Lipinski definition) is 1. The van der Waals surface area contributed by atoms with E-state index in [1.165, 1.54) is 11.9 Å². The molecule has 1 aliphatic heterocycles. The van der Waals surface area contributed by atoms with Crippen molar-refractivity contribution in [1.82, 2.24) is 14.5 Å². The Morgan fingerprint density at radius 3 is 2.52 bits per heavy atom. The van der Waals surface area contributed by atoms with Crippen LogP contribution in [0.2, 0.25) is 5.02 Å². The Labute approximate surface area is 177 Å². The number of rotatable bonds is 9. The molecule has 10 heteroatoms. The van der Waals surface area contributed by atoms with E-state index >= 15 is 0 Å². The molecular weight excluding hydrogens is 418 g/mol. The van der Waals surface area contributed by atoms with Crippen molar-refractivity contribution < 1.29 is 22.7 Å². The lowest BCUT2D eigenvalue weighted by Gasteiger charge is -2.30. The number of halogens is 1. The van der Waals surface area contributed by atoms with Crippen LogP contribution in [0, 0.1) is 0 Å². The maximum Gasteiger partial charge on any atom is 0.242 e. The third-order valence-electron chi connectivity index (χ3n) is 4.89. The second-order valence-electron chi connectivity index (χ2n) is 7.22. The van der Waals surface area contributed by atoms with Gasteiger partial charge in [0.05, 0.1) is 18.9 Å². The Kier molecular flexibility index (Phi) is 8.45. The molecule has 29 heavy (non-hydrogen) atoms. The van der Waals surface area contributed by atoms with Crippen LogP contribution in [-0.2, 0) is 30.9 Å². The van der Waals surface area contributed by atoms with Crippen molar-refractivity contribution in [3.8, 4) is 0 Å². The van der Waals surface area contributed by atoms with Gasteiger partial charge in [-0.1, -0.05) is 23.7 Å². The lowest BCUT2D eigenvalue weighted by atomic mass is 10.1. The maximum absolute atomic E-state index is 12.9. The van der Waals surface area contributed by atoms with Crippen molar-refractivity contribution in [2.75, 3.05) is 33.0 Å². The van der Waals surface area contributed by atoms with Gasteiger partial charge in [-0.3, -0.25) is 9.59 Å². The highest BCUT2D eigenvalue weighted by Crippen LogP contribution is 2.15. The van der Waals surface area contributed by atoms with Gasteiger partial charge in [-0.25, -0.2) is 8.42 Å². The summed E-state index contributed by atoms with van der Waals surface area (Å²) in [7, 11) is -2.20. The van der Waals surface area contributed by atoms with Crippen molar-refractivity contribution in [1.29, 1.82) is 0 Å². The molecule has 0 aliphatic carbocycles. The largest absolute Gasteiger partial charge is 0.376 e. The molecule has 1 N–H and O–H groups in total. The Bertz CT molecular complexity index is 810. The van der Waals surface area contributed by atoms with Crippen LogP contribution in [0.25, 0.3) is 0 Å². The van der Waals surface area contributed by atoms with Crippen LogP contribution in [0.15, 0.2) is 24.3 Å². The van der Waals surface area contributed by atoms with Crippen LogP contribution in [0.1, 0.15) is 25.3 Å². The Morgan fingerprint density at radius 2 is 1.97 bits per heavy atom. The summed E-state index contributed by atoms with van der Waals surface area (Å²) in [5.74, 6) is -0.780. The van der Waals surface area contributed by atoms with Gasteiger partial charge in [0.15, 0.2) is 0 Å². The topological polar surface area (TPSA) is 96.0 Å². The third-order valence-corrected chi connectivity index (χ3v) is 6.40. The van der Waals surface area contributed by atoms with Gasteiger partial charge in [0.1, 0.15) is 6.04 Å². The van der Waals surface area contributed by atoms with Crippen LogP contribution < -0.4 is 5.32 Å². The number of carbonyl (C=O) groups is 2.